The van der Waals surface area contributed by atoms with Gasteiger partial charge in [-0.05, 0) is 42.5 Å². The lowest BCUT2D eigenvalue weighted by atomic mass is 9.99. The van der Waals surface area contributed by atoms with E-state index in [0.29, 0.717) is 11.4 Å². The first-order chi connectivity index (χ1) is 14.3. The van der Waals surface area contributed by atoms with Gasteiger partial charge in [-0.1, -0.05) is 12.1 Å². The second kappa shape index (κ2) is 8.02. The molecule has 3 N–H and O–H groups in total. The maximum atomic E-state index is 12.9. The highest BCUT2D eigenvalue weighted by molar-refractivity contribution is 5.89. The Bertz CT molecular complexity index is 916. The molecule has 1 aromatic carbocycles. The van der Waals surface area contributed by atoms with Crippen molar-refractivity contribution in [1.29, 1.82) is 0 Å². The molecule has 2 heterocycles. The average Bonchev–Trinajstić information content (AvgIpc) is 3.57. The molecule has 3 atom stereocenters. The Labute approximate surface area is 170 Å². The number of carbonyl (C=O) groups is 2. The fourth-order valence-electron chi connectivity index (χ4n) is 3.51. The van der Waals surface area contributed by atoms with Gasteiger partial charge in [0.15, 0.2) is 5.82 Å². The second-order valence-electron chi connectivity index (χ2n) is 7.47. The molecule has 1 saturated carbocycles. The smallest absolute Gasteiger partial charge is 0.348 e. The Morgan fingerprint density at radius 2 is 1.80 bits per heavy atom. The summed E-state index contributed by atoms with van der Waals surface area (Å²) in [5, 5.41) is 8.64. The van der Waals surface area contributed by atoms with Crippen LogP contribution in [0.5, 0.6) is 0 Å². The minimum atomic E-state index is -4.41. The van der Waals surface area contributed by atoms with E-state index in [1.54, 1.807) is 6.07 Å². The largest absolute Gasteiger partial charge is 0.416 e. The second-order valence-corrected chi connectivity index (χ2v) is 7.47. The maximum Gasteiger partial charge on any atom is 0.416 e. The lowest BCUT2D eigenvalue weighted by Crippen LogP contribution is -2.57. The molecule has 1 aromatic heterocycles. The lowest BCUT2D eigenvalue weighted by molar-refractivity contribution is -0.137. The molecule has 1 aliphatic carbocycles. The van der Waals surface area contributed by atoms with Gasteiger partial charge in [-0.25, -0.2) is 9.97 Å². The van der Waals surface area contributed by atoms with E-state index in [0.717, 1.165) is 25.0 Å². The van der Waals surface area contributed by atoms with Gasteiger partial charge in [-0.2, -0.15) is 13.2 Å². The minimum Gasteiger partial charge on any atom is -0.348 e. The molecular weight excluding hydrogens is 399 g/mol. The summed E-state index contributed by atoms with van der Waals surface area (Å²) in [6.07, 6.45) is -0.338. The summed E-state index contributed by atoms with van der Waals surface area (Å²) in [5.41, 5.74) is -0.120. The number of hydrogen-bond acceptors (Lipinski definition) is 5. The monoisotopic (exact) mass is 419 g/mol. The Morgan fingerprint density at radius 1 is 1.13 bits per heavy atom. The summed E-state index contributed by atoms with van der Waals surface area (Å²) in [6.45, 7) is 0. The van der Waals surface area contributed by atoms with Gasteiger partial charge in [-0.3, -0.25) is 14.9 Å². The van der Waals surface area contributed by atoms with Crippen molar-refractivity contribution in [3.63, 3.8) is 0 Å². The van der Waals surface area contributed by atoms with Crippen LogP contribution in [-0.2, 0) is 15.8 Å². The Balaban J connectivity index is 1.47. The van der Waals surface area contributed by atoms with Crippen molar-refractivity contribution in [2.45, 2.75) is 43.7 Å². The molecule has 30 heavy (non-hydrogen) atoms. The molecule has 1 saturated heterocycles. The first kappa shape index (κ1) is 20.3. The molecule has 2 amide bonds. The number of alkyl halides is 3. The molecular formula is C20H20F3N5O2. The summed E-state index contributed by atoms with van der Waals surface area (Å²) >= 11 is 0. The standard InChI is InChI=1S/C20H20F3N5O2/c21-20(22,23)13-6-4-12(5-7-13)16(11-2-3-11)28-19(30)14-10-15(29)27-18(26-14)17-24-8-1-9-25-17/h1,4-9,11,14,16,18,26H,2-3,10H2,(H,27,29)(H,28,30)/t14?,16-,18?/m1/s1. The zero-order valence-electron chi connectivity index (χ0n) is 15.8. The molecule has 10 heteroatoms. The molecule has 7 nitrogen and oxygen atoms in total. The number of halogens is 3. The number of benzene rings is 1. The first-order valence-electron chi connectivity index (χ1n) is 9.61. The van der Waals surface area contributed by atoms with Gasteiger partial charge in [-0.15, -0.1) is 0 Å². The van der Waals surface area contributed by atoms with Gasteiger partial charge >= 0.3 is 6.18 Å². The van der Waals surface area contributed by atoms with Crippen molar-refractivity contribution in [2.75, 3.05) is 0 Å². The number of aromatic nitrogens is 2. The van der Waals surface area contributed by atoms with Crippen LogP contribution in [0.4, 0.5) is 13.2 Å². The Hall–Kier alpha value is -3.01. The molecule has 0 spiro atoms. The van der Waals surface area contributed by atoms with Crippen LogP contribution in [0.25, 0.3) is 0 Å². The maximum absolute atomic E-state index is 12.9. The van der Waals surface area contributed by atoms with E-state index in [1.165, 1.54) is 24.5 Å². The normalized spacial score (nSPS) is 22.8. The zero-order valence-corrected chi connectivity index (χ0v) is 15.8. The van der Waals surface area contributed by atoms with Crippen molar-refractivity contribution in [1.82, 2.24) is 25.9 Å². The van der Waals surface area contributed by atoms with Gasteiger partial charge in [0.2, 0.25) is 11.8 Å². The number of nitrogens with zero attached hydrogens (tertiary/aromatic N) is 2. The molecule has 2 aliphatic rings. The predicted molar refractivity (Wildman–Crippen MR) is 99.5 cm³/mol. The number of nitrogens with one attached hydrogen (secondary N) is 3. The molecule has 0 bridgehead atoms. The van der Waals surface area contributed by atoms with Gasteiger partial charge in [0.05, 0.1) is 24.1 Å². The van der Waals surface area contributed by atoms with Crippen LogP contribution in [-0.4, -0.2) is 27.8 Å². The number of carbonyl (C=O) groups excluding carboxylic acids is 2. The average molecular weight is 419 g/mol. The van der Waals surface area contributed by atoms with Crippen LogP contribution in [0.15, 0.2) is 42.7 Å². The van der Waals surface area contributed by atoms with E-state index in [-0.39, 0.29) is 24.2 Å². The van der Waals surface area contributed by atoms with Crippen LogP contribution in [0.2, 0.25) is 0 Å². The molecule has 158 valence electrons. The van der Waals surface area contributed by atoms with Crippen molar-refractivity contribution in [3.8, 4) is 0 Å². The van der Waals surface area contributed by atoms with E-state index >= 15 is 0 Å². The summed E-state index contributed by atoms with van der Waals surface area (Å²) in [7, 11) is 0. The van der Waals surface area contributed by atoms with Gasteiger partial charge < -0.3 is 10.6 Å². The van der Waals surface area contributed by atoms with Crippen molar-refractivity contribution >= 4 is 11.8 Å². The molecule has 0 radical (unpaired) electrons. The fourth-order valence-corrected chi connectivity index (χ4v) is 3.51. The highest BCUT2D eigenvalue weighted by Crippen LogP contribution is 2.41. The van der Waals surface area contributed by atoms with E-state index in [4.69, 9.17) is 0 Å². The third-order valence-corrected chi connectivity index (χ3v) is 5.21. The van der Waals surface area contributed by atoms with Crippen LogP contribution in [0, 0.1) is 5.92 Å². The van der Waals surface area contributed by atoms with Gasteiger partial charge in [0.1, 0.15) is 6.17 Å². The highest BCUT2D eigenvalue weighted by atomic mass is 19.4. The zero-order chi connectivity index (χ0) is 21.3. The molecule has 2 unspecified atom stereocenters. The van der Waals surface area contributed by atoms with E-state index in [9.17, 15) is 22.8 Å². The summed E-state index contributed by atoms with van der Waals surface area (Å²) < 4.78 is 38.5. The van der Waals surface area contributed by atoms with Gasteiger partial charge in [0.25, 0.3) is 0 Å². The van der Waals surface area contributed by atoms with Crippen molar-refractivity contribution in [3.05, 3.63) is 59.7 Å². The summed E-state index contributed by atoms with van der Waals surface area (Å²) in [6, 6.07) is 5.27. The van der Waals surface area contributed by atoms with Crippen LogP contribution in [0.3, 0.4) is 0 Å². The number of hydrogen-bond donors (Lipinski definition) is 3. The minimum absolute atomic E-state index is 0.0560. The lowest BCUT2D eigenvalue weighted by Gasteiger charge is -2.31. The van der Waals surface area contributed by atoms with E-state index < -0.39 is 30.0 Å². The predicted octanol–water partition coefficient (Wildman–Crippen LogP) is 2.24. The number of rotatable bonds is 5. The van der Waals surface area contributed by atoms with Crippen LogP contribution >= 0.6 is 0 Å². The third-order valence-electron chi connectivity index (χ3n) is 5.21. The quantitative estimate of drug-likeness (QED) is 0.691. The molecule has 2 fully saturated rings. The third kappa shape index (κ3) is 4.59. The summed E-state index contributed by atoms with van der Waals surface area (Å²) in [4.78, 5) is 33.2. The SMILES string of the molecule is O=C1CC(C(=O)N[C@@H](c2ccc(C(F)(F)F)cc2)C2CC2)NC(c2ncccn2)N1. The van der Waals surface area contributed by atoms with E-state index in [1.807, 2.05) is 0 Å². The molecule has 4 rings (SSSR count). The van der Waals surface area contributed by atoms with Crippen LogP contribution in [0.1, 0.15) is 48.4 Å². The Kier molecular flexibility index (Phi) is 5.42. The highest BCUT2D eigenvalue weighted by Gasteiger charge is 2.38. The fraction of sp³-hybridized carbons (Fsp3) is 0.400. The van der Waals surface area contributed by atoms with Crippen LogP contribution < -0.4 is 16.0 Å². The van der Waals surface area contributed by atoms with E-state index in [2.05, 4.69) is 25.9 Å². The first-order valence-corrected chi connectivity index (χ1v) is 9.61. The van der Waals surface area contributed by atoms with Crippen molar-refractivity contribution < 1.29 is 22.8 Å². The summed E-state index contributed by atoms with van der Waals surface area (Å²) in [5.74, 6) is -0.201. The van der Waals surface area contributed by atoms with Crippen molar-refractivity contribution in [2.24, 2.45) is 5.92 Å². The Morgan fingerprint density at radius 3 is 2.40 bits per heavy atom. The molecule has 1 aliphatic heterocycles. The van der Waals surface area contributed by atoms with Gasteiger partial charge in [0, 0.05) is 12.4 Å². The molecule has 2 aromatic rings. The number of amides is 2. The topological polar surface area (TPSA) is 96.0 Å².